The molecule has 0 aromatic heterocycles. The first-order valence-electron chi connectivity index (χ1n) is 7.17. The van der Waals surface area contributed by atoms with Crippen molar-refractivity contribution in [2.45, 2.75) is 25.9 Å². The Morgan fingerprint density at radius 1 is 0.864 bits per heavy atom. The number of carbonyl (C=O) groups is 2. The predicted molar refractivity (Wildman–Crippen MR) is 83.2 cm³/mol. The molecule has 0 aliphatic carbocycles. The van der Waals surface area contributed by atoms with Crippen LogP contribution in [-0.2, 0) is 20.9 Å². The Labute approximate surface area is 129 Å². The largest absolute Gasteiger partial charge is 0.481 e. The summed E-state index contributed by atoms with van der Waals surface area (Å²) in [6, 6.07) is 17.9. The molecule has 22 heavy (non-hydrogen) atoms. The molecule has 1 N–H and O–H groups in total. The van der Waals surface area contributed by atoms with Crippen LogP contribution < -0.4 is 0 Å². The number of carbonyl (C=O) groups excluding carboxylic acids is 1. The number of hydrogen-bond acceptors (Lipinski definition) is 3. The van der Waals surface area contributed by atoms with Gasteiger partial charge in [0, 0.05) is 12.8 Å². The van der Waals surface area contributed by atoms with E-state index < -0.39 is 5.97 Å². The van der Waals surface area contributed by atoms with E-state index in [9.17, 15) is 9.59 Å². The molecule has 114 valence electrons. The van der Waals surface area contributed by atoms with Crippen molar-refractivity contribution in [1.29, 1.82) is 0 Å². The van der Waals surface area contributed by atoms with Crippen LogP contribution in [0, 0.1) is 0 Å². The highest BCUT2D eigenvalue weighted by molar-refractivity contribution is 5.71. The van der Waals surface area contributed by atoms with E-state index in [1.165, 1.54) is 0 Å². The molecule has 2 aromatic carbocycles. The monoisotopic (exact) mass is 298 g/mol. The summed E-state index contributed by atoms with van der Waals surface area (Å²) in [6.07, 6.45) is 0.427. The maximum absolute atomic E-state index is 11.5. The van der Waals surface area contributed by atoms with Crippen LogP contribution in [0.25, 0.3) is 11.1 Å². The van der Waals surface area contributed by atoms with Crippen molar-refractivity contribution in [3.05, 3.63) is 60.2 Å². The second kappa shape index (κ2) is 7.98. The van der Waals surface area contributed by atoms with Crippen molar-refractivity contribution < 1.29 is 19.4 Å². The second-order valence-electron chi connectivity index (χ2n) is 4.97. The van der Waals surface area contributed by atoms with Crippen LogP contribution in [0.15, 0.2) is 54.6 Å². The van der Waals surface area contributed by atoms with E-state index in [1.54, 1.807) is 0 Å². The van der Waals surface area contributed by atoms with Crippen LogP contribution in [0.4, 0.5) is 0 Å². The molecule has 0 amide bonds. The minimum Gasteiger partial charge on any atom is -0.481 e. The van der Waals surface area contributed by atoms with E-state index in [2.05, 4.69) is 0 Å². The minimum absolute atomic E-state index is 0.0130. The number of aliphatic carboxylic acids is 1. The molecule has 0 fully saturated rings. The van der Waals surface area contributed by atoms with Gasteiger partial charge in [-0.1, -0.05) is 54.6 Å². The lowest BCUT2D eigenvalue weighted by Gasteiger charge is -2.06. The van der Waals surface area contributed by atoms with Crippen LogP contribution in [0.3, 0.4) is 0 Å². The summed E-state index contributed by atoms with van der Waals surface area (Å²) in [5.41, 5.74) is 3.16. The molecule has 2 aromatic rings. The number of esters is 1. The van der Waals surface area contributed by atoms with E-state index in [0.717, 1.165) is 16.7 Å². The van der Waals surface area contributed by atoms with E-state index in [4.69, 9.17) is 9.84 Å². The Balaban J connectivity index is 1.82. The van der Waals surface area contributed by atoms with Gasteiger partial charge in [0.05, 0.1) is 0 Å². The summed E-state index contributed by atoms with van der Waals surface area (Å²) in [5, 5.41) is 8.50. The fourth-order valence-electron chi connectivity index (χ4n) is 2.04. The van der Waals surface area contributed by atoms with E-state index in [-0.39, 0.29) is 25.4 Å². The third-order valence-corrected chi connectivity index (χ3v) is 3.23. The summed E-state index contributed by atoms with van der Waals surface area (Å²) in [7, 11) is 0. The van der Waals surface area contributed by atoms with Crippen molar-refractivity contribution in [2.75, 3.05) is 0 Å². The van der Waals surface area contributed by atoms with Gasteiger partial charge in [-0.25, -0.2) is 0 Å². The number of rotatable bonds is 7. The summed E-state index contributed by atoms with van der Waals surface area (Å²) < 4.78 is 5.12. The number of carboxylic acid groups (broad SMARTS) is 1. The van der Waals surface area contributed by atoms with Gasteiger partial charge in [-0.15, -0.1) is 0 Å². The van der Waals surface area contributed by atoms with Gasteiger partial charge >= 0.3 is 11.9 Å². The Morgan fingerprint density at radius 2 is 1.50 bits per heavy atom. The molecule has 0 atom stereocenters. The van der Waals surface area contributed by atoms with Crippen molar-refractivity contribution in [3.63, 3.8) is 0 Å². The van der Waals surface area contributed by atoms with Crippen LogP contribution >= 0.6 is 0 Å². The number of carboxylic acids is 1. The molecule has 0 radical (unpaired) electrons. The summed E-state index contributed by atoms with van der Waals surface area (Å²) in [6.45, 7) is 0.209. The van der Waals surface area contributed by atoms with Crippen molar-refractivity contribution in [1.82, 2.24) is 0 Å². The first-order valence-corrected chi connectivity index (χ1v) is 7.17. The van der Waals surface area contributed by atoms with E-state index in [0.29, 0.717) is 6.42 Å². The van der Waals surface area contributed by atoms with E-state index in [1.807, 2.05) is 54.6 Å². The maximum Gasteiger partial charge on any atom is 0.306 e. The molecule has 0 aliphatic rings. The maximum atomic E-state index is 11.5. The quantitative estimate of drug-likeness (QED) is 0.792. The Morgan fingerprint density at radius 3 is 2.14 bits per heavy atom. The van der Waals surface area contributed by atoms with Crippen LogP contribution in [0.2, 0.25) is 0 Å². The zero-order valence-electron chi connectivity index (χ0n) is 12.2. The molecule has 4 nitrogen and oxygen atoms in total. The fourth-order valence-corrected chi connectivity index (χ4v) is 2.04. The first-order chi connectivity index (χ1) is 10.6. The number of hydrogen-bond donors (Lipinski definition) is 1. The molecule has 0 aliphatic heterocycles. The molecular formula is C18H18O4. The Kier molecular flexibility index (Phi) is 5.72. The van der Waals surface area contributed by atoms with Crippen LogP contribution in [0.1, 0.15) is 24.8 Å². The molecule has 4 heteroatoms. The van der Waals surface area contributed by atoms with Gasteiger partial charge in [0.2, 0.25) is 0 Å². The van der Waals surface area contributed by atoms with Gasteiger partial charge in [0.25, 0.3) is 0 Å². The number of benzene rings is 2. The molecule has 0 bridgehead atoms. The SMILES string of the molecule is O=C(O)CCCC(=O)OCc1ccc(-c2ccccc2)cc1. The average molecular weight is 298 g/mol. The highest BCUT2D eigenvalue weighted by Gasteiger charge is 2.05. The lowest BCUT2D eigenvalue weighted by atomic mass is 10.0. The first kappa shape index (κ1) is 15.8. The zero-order chi connectivity index (χ0) is 15.8. The van der Waals surface area contributed by atoms with Crippen molar-refractivity contribution >= 4 is 11.9 Å². The lowest BCUT2D eigenvalue weighted by molar-refractivity contribution is -0.145. The normalized spacial score (nSPS) is 10.2. The topological polar surface area (TPSA) is 63.6 Å². The molecule has 0 heterocycles. The van der Waals surface area contributed by atoms with Crippen molar-refractivity contribution in [2.24, 2.45) is 0 Å². The Hall–Kier alpha value is -2.62. The molecule has 0 saturated carbocycles. The molecule has 0 saturated heterocycles. The number of ether oxygens (including phenoxy) is 1. The standard InChI is InChI=1S/C18H18O4/c19-17(20)7-4-8-18(21)22-13-14-9-11-16(12-10-14)15-5-2-1-3-6-15/h1-3,5-6,9-12H,4,7-8,13H2,(H,19,20). The summed E-state index contributed by atoms with van der Waals surface area (Å²) in [4.78, 5) is 21.8. The zero-order valence-corrected chi connectivity index (χ0v) is 12.2. The van der Waals surface area contributed by atoms with Gasteiger partial charge < -0.3 is 9.84 Å². The minimum atomic E-state index is -0.899. The summed E-state index contributed by atoms with van der Waals surface area (Å²) >= 11 is 0. The second-order valence-corrected chi connectivity index (χ2v) is 4.97. The van der Waals surface area contributed by atoms with Crippen LogP contribution in [0.5, 0.6) is 0 Å². The van der Waals surface area contributed by atoms with Gasteiger partial charge in [0.1, 0.15) is 6.61 Å². The summed E-state index contributed by atoms with van der Waals surface area (Å²) in [5.74, 6) is -1.27. The lowest BCUT2D eigenvalue weighted by Crippen LogP contribution is -2.05. The highest BCUT2D eigenvalue weighted by atomic mass is 16.5. The van der Waals surface area contributed by atoms with E-state index >= 15 is 0 Å². The molecule has 0 spiro atoms. The third kappa shape index (κ3) is 5.05. The molecule has 0 unspecified atom stereocenters. The van der Waals surface area contributed by atoms with Gasteiger partial charge in [-0.05, 0) is 23.1 Å². The average Bonchev–Trinajstić information content (AvgIpc) is 2.54. The smallest absolute Gasteiger partial charge is 0.306 e. The fraction of sp³-hybridized carbons (Fsp3) is 0.222. The third-order valence-electron chi connectivity index (χ3n) is 3.23. The predicted octanol–water partition coefficient (Wildman–Crippen LogP) is 3.65. The van der Waals surface area contributed by atoms with Gasteiger partial charge in [-0.3, -0.25) is 9.59 Å². The Bertz CT molecular complexity index is 617. The van der Waals surface area contributed by atoms with Crippen LogP contribution in [-0.4, -0.2) is 17.0 Å². The molecular weight excluding hydrogens is 280 g/mol. The molecule has 2 rings (SSSR count). The van der Waals surface area contributed by atoms with Crippen molar-refractivity contribution in [3.8, 4) is 11.1 Å². The highest BCUT2D eigenvalue weighted by Crippen LogP contribution is 2.19. The van der Waals surface area contributed by atoms with Gasteiger partial charge in [-0.2, -0.15) is 0 Å². The van der Waals surface area contributed by atoms with Gasteiger partial charge in [0.15, 0.2) is 0 Å².